The largest absolute Gasteiger partial charge is 0.0841 e. The van der Waals surface area contributed by atoms with Crippen LogP contribution in [0.2, 0.25) is 0 Å². The summed E-state index contributed by atoms with van der Waals surface area (Å²) in [7, 11) is 0. The van der Waals surface area contributed by atoms with Crippen LogP contribution in [0, 0.1) is 19.8 Å². The van der Waals surface area contributed by atoms with E-state index in [0.29, 0.717) is 5.92 Å². The molecule has 1 atom stereocenters. The zero-order valence-corrected chi connectivity index (χ0v) is 29.1. The number of aryl methyl sites for hydroxylation is 2. The molecule has 7 aromatic carbocycles. The van der Waals surface area contributed by atoms with Crippen LogP contribution in [0.1, 0.15) is 50.8 Å². The first-order chi connectivity index (χ1) is 23.4. The van der Waals surface area contributed by atoms with E-state index in [1.165, 1.54) is 93.5 Å². The van der Waals surface area contributed by atoms with Gasteiger partial charge in [-0.1, -0.05) is 159 Å². The van der Waals surface area contributed by atoms with Crippen LogP contribution in [0.5, 0.6) is 0 Å². The van der Waals surface area contributed by atoms with Crippen molar-refractivity contribution in [1.29, 1.82) is 0 Å². The SMILES string of the molecule is C/C=C(C)\C(=C/[C@H](C)CC)c1cccc(-c2c3ccccc3c(-c3ccc(-c4ccc(C)cc4C)c4ccccc34)c3ccccc23)c1. The van der Waals surface area contributed by atoms with Gasteiger partial charge < -0.3 is 0 Å². The Kier molecular flexibility index (Phi) is 8.59. The third-order valence-electron chi connectivity index (χ3n) is 10.2. The van der Waals surface area contributed by atoms with E-state index in [2.05, 4.69) is 181 Å². The third kappa shape index (κ3) is 5.56. The van der Waals surface area contributed by atoms with Gasteiger partial charge in [0.05, 0.1) is 0 Å². The average molecular weight is 621 g/mol. The maximum Gasteiger partial charge on any atom is -0.00201 e. The Morgan fingerprint density at radius 3 is 1.71 bits per heavy atom. The maximum atomic E-state index is 2.45. The fourth-order valence-corrected chi connectivity index (χ4v) is 7.45. The molecule has 7 rings (SSSR count). The first-order valence-electron chi connectivity index (χ1n) is 17.4. The molecule has 0 unspecified atom stereocenters. The second-order valence-corrected chi connectivity index (χ2v) is 13.4. The highest BCUT2D eigenvalue weighted by atomic mass is 14.2. The second kappa shape index (κ2) is 13.1. The standard InChI is InChI=1S/C48H44/c1-7-31(3)29-46(33(5)8-2)35-16-15-17-36(30-35)47-41-20-11-13-22-43(41)48(44-23-14-12-21-42(44)47)45-27-26-40(38-18-9-10-19-39(38)45)37-25-24-32(4)28-34(37)6/h8-31H,7H2,1-6H3/b33-8-,46-29+/t31-/m1/s1. The van der Waals surface area contributed by atoms with Gasteiger partial charge in [-0.05, 0) is 128 Å². The molecule has 0 aliphatic rings. The van der Waals surface area contributed by atoms with Gasteiger partial charge >= 0.3 is 0 Å². The fraction of sp³-hybridized carbons (Fsp3) is 0.167. The van der Waals surface area contributed by atoms with Gasteiger partial charge in [-0.25, -0.2) is 0 Å². The molecule has 0 saturated heterocycles. The van der Waals surface area contributed by atoms with E-state index in [0.717, 1.165) is 6.42 Å². The van der Waals surface area contributed by atoms with Crippen LogP contribution in [-0.2, 0) is 0 Å². The molecule has 0 radical (unpaired) electrons. The van der Waals surface area contributed by atoms with E-state index in [9.17, 15) is 0 Å². The van der Waals surface area contributed by atoms with Crippen molar-refractivity contribution in [2.45, 2.75) is 48.0 Å². The van der Waals surface area contributed by atoms with Crippen molar-refractivity contribution < 1.29 is 0 Å². The molecule has 0 heteroatoms. The van der Waals surface area contributed by atoms with Crippen LogP contribution >= 0.6 is 0 Å². The molecule has 0 bridgehead atoms. The van der Waals surface area contributed by atoms with Crippen LogP contribution in [0.4, 0.5) is 0 Å². The minimum absolute atomic E-state index is 0.510. The Morgan fingerprint density at radius 2 is 1.12 bits per heavy atom. The van der Waals surface area contributed by atoms with Gasteiger partial charge in [-0.2, -0.15) is 0 Å². The minimum Gasteiger partial charge on any atom is -0.0841 e. The van der Waals surface area contributed by atoms with E-state index >= 15 is 0 Å². The quantitative estimate of drug-likeness (QED) is 0.123. The predicted molar refractivity (Wildman–Crippen MR) is 212 cm³/mol. The highest BCUT2D eigenvalue weighted by Gasteiger charge is 2.20. The summed E-state index contributed by atoms with van der Waals surface area (Å²) in [6.07, 6.45) is 5.80. The molecule has 48 heavy (non-hydrogen) atoms. The molecule has 0 aliphatic carbocycles. The summed E-state index contributed by atoms with van der Waals surface area (Å²) in [5, 5.41) is 7.68. The number of benzene rings is 7. The topological polar surface area (TPSA) is 0 Å². The summed E-state index contributed by atoms with van der Waals surface area (Å²) in [4.78, 5) is 0. The second-order valence-electron chi connectivity index (χ2n) is 13.4. The monoisotopic (exact) mass is 620 g/mol. The van der Waals surface area contributed by atoms with Crippen molar-refractivity contribution in [1.82, 2.24) is 0 Å². The number of rotatable bonds is 7. The Morgan fingerprint density at radius 1 is 0.583 bits per heavy atom. The molecule has 0 nitrogen and oxygen atoms in total. The molecule has 0 spiro atoms. The molecule has 0 heterocycles. The smallest absolute Gasteiger partial charge is 0.00201 e. The zero-order valence-electron chi connectivity index (χ0n) is 29.1. The number of hydrogen-bond donors (Lipinski definition) is 0. The first-order valence-corrected chi connectivity index (χ1v) is 17.4. The molecule has 0 aliphatic heterocycles. The molecule has 236 valence electrons. The summed E-state index contributed by atoms with van der Waals surface area (Å²) >= 11 is 0. The molecule has 0 saturated carbocycles. The number of fused-ring (bicyclic) bond motifs is 3. The molecule has 0 aromatic heterocycles. The lowest BCUT2D eigenvalue weighted by molar-refractivity contribution is 0.699. The van der Waals surface area contributed by atoms with Gasteiger partial charge in [-0.3, -0.25) is 0 Å². The Hall–Kier alpha value is -5.20. The minimum atomic E-state index is 0.510. The van der Waals surface area contributed by atoms with Crippen LogP contribution in [0.3, 0.4) is 0 Å². The summed E-state index contributed by atoms with van der Waals surface area (Å²) in [6, 6.07) is 47.6. The van der Waals surface area contributed by atoms with Crippen LogP contribution in [0.15, 0.2) is 145 Å². The zero-order chi connectivity index (χ0) is 33.4. The van der Waals surface area contributed by atoms with Gasteiger partial charge in [0.15, 0.2) is 0 Å². The van der Waals surface area contributed by atoms with Gasteiger partial charge in [-0.15, -0.1) is 0 Å². The predicted octanol–water partition coefficient (Wildman–Crippen LogP) is 14.2. The fourth-order valence-electron chi connectivity index (χ4n) is 7.45. The maximum absolute atomic E-state index is 2.45. The molecule has 7 aromatic rings. The average Bonchev–Trinajstić information content (AvgIpc) is 3.12. The van der Waals surface area contributed by atoms with E-state index in [1.54, 1.807) is 0 Å². The highest BCUT2D eigenvalue weighted by Crippen LogP contribution is 2.47. The van der Waals surface area contributed by atoms with Crippen molar-refractivity contribution in [2.24, 2.45) is 5.92 Å². The summed E-state index contributed by atoms with van der Waals surface area (Å²) < 4.78 is 0. The van der Waals surface area contributed by atoms with Crippen molar-refractivity contribution >= 4 is 37.9 Å². The molecule has 0 fully saturated rings. The lowest BCUT2D eigenvalue weighted by Gasteiger charge is -2.20. The van der Waals surface area contributed by atoms with Crippen LogP contribution in [0.25, 0.3) is 71.3 Å². The molecule has 0 amide bonds. The van der Waals surface area contributed by atoms with E-state index in [4.69, 9.17) is 0 Å². The Labute approximate surface area is 286 Å². The Bertz CT molecular complexity index is 2320. The number of hydrogen-bond acceptors (Lipinski definition) is 0. The highest BCUT2D eigenvalue weighted by molar-refractivity contribution is 6.24. The molecule has 0 N–H and O–H groups in total. The van der Waals surface area contributed by atoms with Crippen molar-refractivity contribution in [3.8, 4) is 33.4 Å². The van der Waals surface area contributed by atoms with Crippen molar-refractivity contribution in [3.63, 3.8) is 0 Å². The van der Waals surface area contributed by atoms with Gasteiger partial charge in [0.25, 0.3) is 0 Å². The van der Waals surface area contributed by atoms with Gasteiger partial charge in [0.1, 0.15) is 0 Å². The third-order valence-corrected chi connectivity index (χ3v) is 10.2. The van der Waals surface area contributed by atoms with Gasteiger partial charge in [0.2, 0.25) is 0 Å². The Balaban J connectivity index is 1.51. The molecular formula is C48H44. The molecular weight excluding hydrogens is 577 g/mol. The summed E-state index contributed by atoms with van der Waals surface area (Å²) in [6.45, 7) is 13.3. The van der Waals surface area contributed by atoms with Crippen LogP contribution in [-0.4, -0.2) is 0 Å². The summed E-state index contributed by atoms with van der Waals surface area (Å²) in [5.74, 6) is 0.510. The van der Waals surface area contributed by atoms with Gasteiger partial charge in [0, 0.05) is 0 Å². The van der Waals surface area contributed by atoms with E-state index in [1.807, 2.05) is 0 Å². The van der Waals surface area contributed by atoms with E-state index in [-0.39, 0.29) is 0 Å². The lowest BCUT2D eigenvalue weighted by Crippen LogP contribution is -1.95. The normalized spacial score (nSPS) is 13.0. The van der Waals surface area contributed by atoms with Crippen molar-refractivity contribution in [2.75, 3.05) is 0 Å². The van der Waals surface area contributed by atoms with Crippen LogP contribution < -0.4 is 0 Å². The number of allylic oxidation sites excluding steroid dienone is 4. The van der Waals surface area contributed by atoms with Crippen molar-refractivity contribution in [3.05, 3.63) is 162 Å². The lowest BCUT2D eigenvalue weighted by atomic mass is 9.83. The van der Waals surface area contributed by atoms with E-state index < -0.39 is 0 Å². The summed E-state index contributed by atoms with van der Waals surface area (Å²) in [5.41, 5.74) is 14.2. The first kappa shape index (κ1) is 31.4.